The van der Waals surface area contributed by atoms with Crippen LogP contribution in [0.4, 0.5) is 10.2 Å². The van der Waals surface area contributed by atoms with Gasteiger partial charge in [0.15, 0.2) is 0 Å². The highest BCUT2D eigenvalue weighted by Gasteiger charge is 2.19. The zero-order chi connectivity index (χ0) is 14.8. The predicted molar refractivity (Wildman–Crippen MR) is 78.6 cm³/mol. The zero-order valence-electron chi connectivity index (χ0n) is 11.9. The maximum absolute atomic E-state index is 13.5. The number of aromatic nitrogens is 2. The lowest BCUT2D eigenvalue weighted by molar-refractivity contribution is -0.128. The Morgan fingerprint density at radius 3 is 2.86 bits per heavy atom. The van der Waals surface area contributed by atoms with Crippen molar-refractivity contribution in [3.8, 4) is 0 Å². The van der Waals surface area contributed by atoms with Gasteiger partial charge in [0.25, 0.3) is 0 Å². The van der Waals surface area contributed by atoms with Gasteiger partial charge in [-0.15, -0.1) is 0 Å². The van der Waals surface area contributed by atoms with Crippen molar-refractivity contribution in [2.24, 2.45) is 0 Å². The summed E-state index contributed by atoms with van der Waals surface area (Å²) in [5.74, 6) is 0.541. The van der Waals surface area contributed by atoms with Gasteiger partial charge >= 0.3 is 0 Å². The fraction of sp³-hybridized carbons (Fsp3) is 0.400. The second-order valence-electron chi connectivity index (χ2n) is 5.21. The van der Waals surface area contributed by atoms with E-state index in [0.717, 1.165) is 30.8 Å². The van der Waals surface area contributed by atoms with Gasteiger partial charge in [0.05, 0.1) is 5.52 Å². The third kappa shape index (κ3) is 2.79. The molecule has 0 radical (unpaired) electrons. The smallest absolute Gasteiger partial charge is 0.219 e. The summed E-state index contributed by atoms with van der Waals surface area (Å²) in [6.07, 6.45) is 2.38. The highest BCUT2D eigenvalue weighted by molar-refractivity contribution is 5.89. The Bertz CT molecular complexity index is 676. The van der Waals surface area contributed by atoms with E-state index in [9.17, 15) is 9.18 Å². The molecule has 5 nitrogen and oxygen atoms in total. The molecular formula is C15H17FN4O. The van der Waals surface area contributed by atoms with E-state index >= 15 is 0 Å². The predicted octanol–water partition coefficient (Wildman–Crippen LogP) is 1.83. The SMILES string of the molecule is CC(=O)N1CCCN(c2ncnc3ccc(F)cc23)CC1. The van der Waals surface area contributed by atoms with Gasteiger partial charge < -0.3 is 9.80 Å². The number of hydrogen-bond acceptors (Lipinski definition) is 4. The van der Waals surface area contributed by atoms with Gasteiger partial charge in [-0.2, -0.15) is 0 Å². The van der Waals surface area contributed by atoms with Gasteiger partial charge in [0.1, 0.15) is 18.0 Å². The maximum atomic E-state index is 13.5. The first-order valence-electron chi connectivity index (χ1n) is 7.06. The van der Waals surface area contributed by atoms with E-state index in [1.807, 2.05) is 4.90 Å². The molecule has 0 spiro atoms. The van der Waals surface area contributed by atoms with Crippen molar-refractivity contribution in [2.45, 2.75) is 13.3 Å². The van der Waals surface area contributed by atoms with E-state index in [2.05, 4.69) is 14.9 Å². The minimum absolute atomic E-state index is 0.0930. The fourth-order valence-corrected chi connectivity index (χ4v) is 2.71. The van der Waals surface area contributed by atoms with Crippen LogP contribution in [0.1, 0.15) is 13.3 Å². The molecule has 0 aliphatic carbocycles. The molecular weight excluding hydrogens is 271 g/mol. The summed E-state index contributed by atoms with van der Waals surface area (Å²) in [5, 5.41) is 0.716. The van der Waals surface area contributed by atoms with Gasteiger partial charge in [-0.25, -0.2) is 14.4 Å². The van der Waals surface area contributed by atoms with Crippen LogP contribution in [0.5, 0.6) is 0 Å². The number of nitrogens with zero attached hydrogens (tertiary/aromatic N) is 4. The van der Waals surface area contributed by atoms with E-state index in [1.165, 1.54) is 18.5 Å². The highest BCUT2D eigenvalue weighted by atomic mass is 19.1. The second-order valence-corrected chi connectivity index (χ2v) is 5.21. The zero-order valence-corrected chi connectivity index (χ0v) is 11.9. The van der Waals surface area contributed by atoms with Crippen LogP contribution in [0.25, 0.3) is 10.9 Å². The lowest BCUT2D eigenvalue weighted by Crippen LogP contribution is -2.33. The van der Waals surface area contributed by atoms with E-state index in [-0.39, 0.29) is 11.7 Å². The van der Waals surface area contributed by atoms with Crippen molar-refractivity contribution in [3.63, 3.8) is 0 Å². The Labute approximate surface area is 122 Å². The molecule has 1 aromatic carbocycles. The van der Waals surface area contributed by atoms with Crippen LogP contribution in [0, 0.1) is 5.82 Å². The van der Waals surface area contributed by atoms with Crippen molar-refractivity contribution in [3.05, 3.63) is 30.3 Å². The standard InChI is InChI=1S/C15H17FN4O/c1-11(21)19-5-2-6-20(8-7-19)15-13-9-12(16)3-4-14(13)17-10-18-15/h3-4,9-10H,2,5-8H2,1H3. The molecule has 1 aliphatic heterocycles. The number of rotatable bonds is 1. The van der Waals surface area contributed by atoms with Crippen molar-refractivity contribution >= 4 is 22.6 Å². The molecule has 0 saturated carbocycles. The molecule has 110 valence electrons. The molecule has 0 unspecified atom stereocenters. The van der Waals surface area contributed by atoms with Crippen LogP contribution in [0.2, 0.25) is 0 Å². The average molecular weight is 288 g/mol. The van der Waals surface area contributed by atoms with Crippen LogP contribution >= 0.6 is 0 Å². The van der Waals surface area contributed by atoms with E-state index in [1.54, 1.807) is 13.0 Å². The van der Waals surface area contributed by atoms with Gasteiger partial charge in [-0.1, -0.05) is 0 Å². The molecule has 0 bridgehead atoms. The molecule has 1 aliphatic rings. The normalized spacial score (nSPS) is 16.1. The summed E-state index contributed by atoms with van der Waals surface area (Å²) in [6.45, 7) is 4.50. The van der Waals surface area contributed by atoms with E-state index in [0.29, 0.717) is 18.5 Å². The lowest BCUT2D eigenvalue weighted by Gasteiger charge is -2.23. The summed E-state index contributed by atoms with van der Waals surface area (Å²) in [5.41, 5.74) is 0.731. The second kappa shape index (κ2) is 5.63. The number of fused-ring (bicyclic) bond motifs is 1. The molecule has 6 heteroatoms. The average Bonchev–Trinajstić information content (AvgIpc) is 2.72. The molecule has 2 aromatic rings. The summed E-state index contributed by atoms with van der Waals surface area (Å²) in [6, 6.07) is 4.53. The number of carbonyl (C=O) groups excluding carboxylic acids is 1. The molecule has 3 rings (SSSR count). The molecule has 0 atom stereocenters. The topological polar surface area (TPSA) is 49.3 Å². The first-order chi connectivity index (χ1) is 10.1. The first-order valence-corrected chi connectivity index (χ1v) is 7.06. The number of amides is 1. The lowest BCUT2D eigenvalue weighted by atomic mass is 10.2. The van der Waals surface area contributed by atoms with Crippen molar-refractivity contribution < 1.29 is 9.18 Å². The van der Waals surface area contributed by atoms with Gasteiger partial charge in [-0.3, -0.25) is 4.79 Å². The Morgan fingerprint density at radius 2 is 2.05 bits per heavy atom. The molecule has 1 amide bonds. The van der Waals surface area contributed by atoms with Crippen LogP contribution in [-0.2, 0) is 4.79 Å². The Morgan fingerprint density at radius 1 is 1.19 bits per heavy atom. The summed E-state index contributed by atoms with van der Waals surface area (Å²) < 4.78 is 13.5. The first kappa shape index (κ1) is 13.7. The Hall–Kier alpha value is -2.24. The monoisotopic (exact) mass is 288 g/mol. The van der Waals surface area contributed by atoms with Gasteiger partial charge in [0, 0.05) is 38.5 Å². The number of benzene rings is 1. The van der Waals surface area contributed by atoms with Crippen molar-refractivity contribution in [1.82, 2.24) is 14.9 Å². The quantitative estimate of drug-likeness (QED) is 0.803. The van der Waals surface area contributed by atoms with Crippen molar-refractivity contribution in [2.75, 3.05) is 31.1 Å². The van der Waals surface area contributed by atoms with E-state index in [4.69, 9.17) is 0 Å². The van der Waals surface area contributed by atoms with Crippen LogP contribution in [-0.4, -0.2) is 47.0 Å². The summed E-state index contributed by atoms with van der Waals surface area (Å²) >= 11 is 0. The minimum Gasteiger partial charge on any atom is -0.354 e. The molecule has 21 heavy (non-hydrogen) atoms. The van der Waals surface area contributed by atoms with Crippen LogP contribution in [0.15, 0.2) is 24.5 Å². The van der Waals surface area contributed by atoms with E-state index < -0.39 is 0 Å². The summed E-state index contributed by atoms with van der Waals surface area (Å²) in [7, 11) is 0. The maximum Gasteiger partial charge on any atom is 0.219 e. The number of anilines is 1. The van der Waals surface area contributed by atoms with Gasteiger partial charge in [-0.05, 0) is 24.6 Å². The Balaban J connectivity index is 1.93. The number of carbonyl (C=O) groups is 1. The molecule has 0 N–H and O–H groups in total. The van der Waals surface area contributed by atoms with Crippen LogP contribution < -0.4 is 4.90 Å². The number of halogens is 1. The largest absolute Gasteiger partial charge is 0.354 e. The minimum atomic E-state index is -0.293. The van der Waals surface area contributed by atoms with Crippen LogP contribution in [0.3, 0.4) is 0 Å². The fourth-order valence-electron chi connectivity index (χ4n) is 2.71. The summed E-state index contributed by atoms with van der Waals surface area (Å²) in [4.78, 5) is 23.9. The molecule has 1 fully saturated rings. The van der Waals surface area contributed by atoms with Crippen molar-refractivity contribution in [1.29, 1.82) is 0 Å². The Kier molecular flexibility index (Phi) is 3.68. The third-order valence-corrected chi connectivity index (χ3v) is 3.82. The van der Waals surface area contributed by atoms with Gasteiger partial charge in [0.2, 0.25) is 5.91 Å². The molecule has 1 aromatic heterocycles. The third-order valence-electron chi connectivity index (χ3n) is 3.82. The molecule has 2 heterocycles. The number of hydrogen-bond donors (Lipinski definition) is 0. The molecule has 1 saturated heterocycles. The highest BCUT2D eigenvalue weighted by Crippen LogP contribution is 2.24.